The summed E-state index contributed by atoms with van der Waals surface area (Å²) >= 11 is 0. The van der Waals surface area contributed by atoms with Crippen molar-refractivity contribution >= 4 is 17.4 Å². The van der Waals surface area contributed by atoms with Gasteiger partial charge in [-0.3, -0.25) is 14.7 Å². The van der Waals surface area contributed by atoms with Gasteiger partial charge < -0.3 is 0 Å². The molecule has 1 heterocycles. The van der Waals surface area contributed by atoms with E-state index >= 15 is 0 Å². The minimum atomic E-state index is -0.361. The third-order valence-corrected chi connectivity index (χ3v) is 3.53. The van der Waals surface area contributed by atoms with E-state index in [-0.39, 0.29) is 11.7 Å². The molecule has 0 radical (unpaired) electrons. The number of benzene rings is 1. The summed E-state index contributed by atoms with van der Waals surface area (Å²) in [5, 5.41) is 10.9. The molecule has 3 rings (SSSR count). The first-order valence-electron chi connectivity index (χ1n) is 7.20. The number of nitrogens with zero attached hydrogens (tertiary/aromatic N) is 2. The standard InChI is InChI=1S/C16H16N4O2/c21-13-8-4-7-12(9-13)17-20-16(22)15-10-14(18-19-15)11-5-2-1-3-6-11/h1-3,5-6,10H,4,7-9H2,(H,18,19)(H,20,22)/b17-12+. The van der Waals surface area contributed by atoms with E-state index in [0.29, 0.717) is 24.2 Å². The molecule has 112 valence electrons. The molecule has 2 aromatic rings. The zero-order valence-corrected chi connectivity index (χ0v) is 12.0. The van der Waals surface area contributed by atoms with E-state index in [1.165, 1.54) is 0 Å². The van der Waals surface area contributed by atoms with E-state index in [0.717, 1.165) is 24.1 Å². The van der Waals surface area contributed by atoms with E-state index in [4.69, 9.17) is 0 Å². The molecule has 0 spiro atoms. The van der Waals surface area contributed by atoms with Crippen LogP contribution in [0, 0.1) is 0 Å². The van der Waals surface area contributed by atoms with Gasteiger partial charge in [-0.25, -0.2) is 5.43 Å². The lowest BCUT2D eigenvalue weighted by Crippen LogP contribution is -2.23. The van der Waals surface area contributed by atoms with Crippen molar-refractivity contribution < 1.29 is 9.59 Å². The van der Waals surface area contributed by atoms with Crippen LogP contribution in [0.5, 0.6) is 0 Å². The number of carbonyl (C=O) groups excluding carboxylic acids is 2. The number of amides is 1. The summed E-state index contributed by atoms with van der Waals surface area (Å²) in [5.41, 5.74) is 5.18. The number of aromatic nitrogens is 2. The fourth-order valence-electron chi connectivity index (χ4n) is 2.37. The van der Waals surface area contributed by atoms with Crippen LogP contribution in [0.3, 0.4) is 0 Å². The largest absolute Gasteiger partial charge is 0.299 e. The van der Waals surface area contributed by atoms with Gasteiger partial charge in [-0.2, -0.15) is 10.2 Å². The molecule has 1 amide bonds. The summed E-state index contributed by atoms with van der Waals surface area (Å²) in [6.45, 7) is 0. The average Bonchev–Trinajstić information content (AvgIpc) is 3.04. The SMILES string of the molecule is O=C1CCC/C(=N\NC(=O)c2cc(-c3ccccc3)n[nH]2)C1. The number of nitrogens with one attached hydrogen (secondary N) is 2. The van der Waals surface area contributed by atoms with Gasteiger partial charge in [-0.05, 0) is 18.9 Å². The summed E-state index contributed by atoms with van der Waals surface area (Å²) in [7, 11) is 0. The van der Waals surface area contributed by atoms with Crippen LogP contribution < -0.4 is 5.43 Å². The normalized spacial score (nSPS) is 16.7. The van der Waals surface area contributed by atoms with Crippen LogP contribution in [-0.2, 0) is 4.79 Å². The van der Waals surface area contributed by atoms with Gasteiger partial charge in [0.1, 0.15) is 11.5 Å². The number of aromatic amines is 1. The van der Waals surface area contributed by atoms with Gasteiger partial charge in [0.25, 0.3) is 5.91 Å². The summed E-state index contributed by atoms with van der Waals surface area (Å²) in [4.78, 5) is 23.4. The Kier molecular flexibility index (Phi) is 4.09. The van der Waals surface area contributed by atoms with Gasteiger partial charge in [0, 0.05) is 24.1 Å². The van der Waals surface area contributed by atoms with Gasteiger partial charge in [0.05, 0.1) is 5.69 Å². The lowest BCUT2D eigenvalue weighted by molar-refractivity contribution is -0.118. The Labute approximate surface area is 127 Å². The van der Waals surface area contributed by atoms with Crippen LogP contribution >= 0.6 is 0 Å². The maximum Gasteiger partial charge on any atom is 0.289 e. The highest BCUT2D eigenvalue weighted by Crippen LogP contribution is 2.17. The van der Waals surface area contributed by atoms with Crippen molar-refractivity contribution in [2.75, 3.05) is 0 Å². The second-order valence-electron chi connectivity index (χ2n) is 5.22. The first-order valence-corrected chi connectivity index (χ1v) is 7.20. The topological polar surface area (TPSA) is 87.2 Å². The second kappa shape index (κ2) is 6.34. The minimum absolute atomic E-state index is 0.173. The van der Waals surface area contributed by atoms with E-state index in [2.05, 4.69) is 20.7 Å². The Morgan fingerprint density at radius 1 is 1.23 bits per heavy atom. The molecule has 1 aromatic carbocycles. The van der Waals surface area contributed by atoms with E-state index < -0.39 is 0 Å². The molecule has 6 nitrogen and oxygen atoms in total. The summed E-state index contributed by atoms with van der Waals surface area (Å²) in [6, 6.07) is 11.3. The first kappa shape index (κ1) is 14.2. The lowest BCUT2D eigenvalue weighted by Gasteiger charge is -2.11. The van der Waals surface area contributed by atoms with Crippen molar-refractivity contribution in [3.05, 3.63) is 42.1 Å². The zero-order valence-electron chi connectivity index (χ0n) is 12.0. The molecule has 0 unspecified atom stereocenters. The number of carbonyl (C=O) groups is 2. The maximum absolute atomic E-state index is 12.0. The quantitative estimate of drug-likeness (QED) is 0.852. The number of rotatable bonds is 3. The molecule has 0 saturated heterocycles. The van der Waals surface area contributed by atoms with E-state index in [9.17, 15) is 9.59 Å². The highest BCUT2D eigenvalue weighted by Gasteiger charge is 2.15. The monoisotopic (exact) mass is 296 g/mol. The number of hydrazone groups is 1. The smallest absolute Gasteiger partial charge is 0.289 e. The Morgan fingerprint density at radius 3 is 2.82 bits per heavy atom. The number of hydrogen-bond acceptors (Lipinski definition) is 4. The predicted molar refractivity (Wildman–Crippen MR) is 82.4 cm³/mol. The Hall–Kier alpha value is -2.76. The van der Waals surface area contributed by atoms with Crippen molar-refractivity contribution in [2.45, 2.75) is 25.7 Å². The average molecular weight is 296 g/mol. The van der Waals surface area contributed by atoms with Gasteiger partial charge in [-0.1, -0.05) is 30.3 Å². The molecule has 1 aromatic heterocycles. The summed E-state index contributed by atoms with van der Waals surface area (Å²) in [5.74, 6) is -0.188. The molecule has 22 heavy (non-hydrogen) atoms. The van der Waals surface area contributed by atoms with Crippen LogP contribution in [-0.4, -0.2) is 27.6 Å². The van der Waals surface area contributed by atoms with Crippen LogP contribution in [0.2, 0.25) is 0 Å². The lowest BCUT2D eigenvalue weighted by atomic mass is 9.97. The Bertz CT molecular complexity index is 719. The van der Waals surface area contributed by atoms with Crippen molar-refractivity contribution in [1.82, 2.24) is 15.6 Å². The second-order valence-corrected chi connectivity index (χ2v) is 5.22. The number of H-pyrrole nitrogens is 1. The Morgan fingerprint density at radius 2 is 2.05 bits per heavy atom. The highest BCUT2D eigenvalue weighted by atomic mass is 16.2. The summed E-state index contributed by atoms with van der Waals surface area (Å²) in [6.07, 6.45) is 2.49. The molecule has 1 aliphatic rings. The summed E-state index contributed by atoms with van der Waals surface area (Å²) < 4.78 is 0. The highest BCUT2D eigenvalue weighted by molar-refractivity contribution is 6.04. The van der Waals surface area contributed by atoms with Crippen LogP contribution in [0.1, 0.15) is 36.2 Å². The molecule has 0 aliphatic heterocycles. The van der Waals surface area contributed by atoms with Crippen molar-refractivity contribution in [2.24, 2.45) is 5.10 Å². The molecular weight excluding hydrogens is 280 g/mol. The van der Waals surface area contributed by atoms with Gasteiger partial charge >= 0.3 is 0 Å². The van der Waals surface area contributed by atoms with E-state index in [1.807, 2.05) is 30.3 Å². The van der Waals surface area contributed by atoms with E-state index in [1.54, 1.807) is 6.07 Å². The van der Waals surface area contributed by atoms with Gasteiger partial charge in [0.15, 0.2) is 0 Å². The zero-order chi connectivity index (χ0) is 15.4. The van der Waals surface area contributed by atoms with Crippen molar-refractivity contribution in [1.29, 1.82) is 0 Å². The predicted octanol–water partition coefficient (Wildman–Crippen LogP) is 2.31. The maximum atomic E-state index is 12.0. The van der Waals surface area contributed by atoms with Crippen molar-refractivity contribution in [3.63, 3.8) is 0 Å². The van der Waals surface area contributed by atoms with Gasteiger partial charge in [-0.15, -0.1) is 0 Å². The Balaban J connectivity index is 1.67. The third-order valence-electron chi connectivity index (χ3n) is 3.53. The van der Waals surface area contributed by atoms with Crippen molar-refractivity contribution in [3.8, 4) is 11.3 Å². The van der Waals surface area contributed by atoms with Gasteiger partial charge in [0.2, 0.25) is 0 Å². The molecular formula is C16H16N4O2. The number of ketones is 1. The number of hydrogen-bond donors (Lipinski definition) is 2. The fraction of sp³-hybridized carbons (Fsp3) is 0.250. The molecule has 1 aliphatic carbocycles. The van der Waals surface area contributed by atoms with Crippen LogP contribution in [0.15, 0.2) is 41.5 Å². The molecule has 2 N–H and O–H groups in total. The third kappa shape index (κ3) is 3.28. The number of Topliss-reactive ketones (excluding diaryl/α,β-unsaturated/α-hetero) is 1. The fourth-order valence-corrected chi connectivity index (χ4v) is 2.37. The molecule has 1 fully saturated rings. The molecule has 6 heteroatoms. The molecule has 0 atom stereocenters. The minimum Gasteiger partial charge on any atom is -0.299 e. The van der Waals surface area contributed by atoms with Crippen LogP contribution in [0.4, 0.5) is 0 Å². The molecule has 1 saturated carbocycles. The first-order chi connectivity index (χ1) is 10.7. The molecule has 0 bridgehead atoms. The van der Waals surface area contributed by atoms with Crippen LogP contribution in [0.25, 0.3) is 11.3 Å².